The summed E-state index contributed by atoms with van der Waals surface area (Å²) in [5, 5.41) is 3.26. The molecule has 1 atom stereocenters. The van der Waals surface area contributed by atoms with Crippen molar-refractivity contribution >= 4 is 22.4 Å². The minimum atomic E-state index is -2.86. The average molecular weight is 412 g/mol. The molecule has 0 saturated carbocycles. The highest BCUT2D eigenvalue weighted by atomic mass is 32.1. The van der Waals surface area contributed by atoms with Crippen LogP contribution >= 0.6 is 11.3 Å². The highest BCUT2D eigenvalue weighted by Crippen LogP contribution is 2.31. The van der Waals surface area contributed by atoms with E-state index in [1.165, 1.54) is 23.5 Å². The molecule has 3 rings (SSSR count). The molecule has 152 valence electrons. The molecule has 1 N–H and O–H groups in total. The molecule has 1 aromatic carbocycles. The van der Waals surface area contributed by atoms with Crippen molar-refractivity contribution in [3.05, 3.63) is 29.1 Å². The number of benzene rings is 1. The number of alkyl halides is 2. The maximum Gasteiger partial charge on any atom is 0.387 e. The van der Waals surface area contributed by atoms with E-state index >= 15 is 0 Å². The first-order valence-corrected chi connectivity index (χ1v) is 9.85. The van der Waals surface area contributed by atoms with Crippen LogP contribution in [0.3, 0.4) is 0 Å². The molecule has 28 heavy (non-hydrogen) atoms. The predicted octanol–water partition coefficient (Wildman–Crippen LogP) is 4.24. The van der Waals surface area contributed by atoms with Crippen LogP contribution in [0.25, 0.3) is 11.3 Å². The second-order valence-corrected chi connectivity index (χ2v) is 7.54. The van der Waals surface area contributed by atoms with E-state index in [1.807, 2.05) is 6.92 Å². The molecular formula is C19H22F2N2O4S. The van der Waals surface area contributed by atoms with Crippen molar-refractivity contribution in [1.29, 1.82) is 0 Å². The van der Waals surface area contributed by atoms with Gasteiger partial charge in [-0.1, -0.05) is 0 Å². The number of aryl methyl sites for hydroxylation is 1. The number of nitrogens with zero attached hydrogens (tertiary/aromatic N) is 1. The lowest BCUT2D eigenvalue weighted by molar-refractivity contribution is -0.117. The van der Waals surface area contributed by atoms with Gasteiger partial charge in [0.05, 0.1) is 31.4 Å². The molecule has 0 bridgehead atoms. The van der Waals surface area contributed by atoms with E-state index in [9.17, 15) is 13.6 Å². The molecule has 1 aliphatic heterocycles. The van der Waals surface area contributed by atoms with Gasteiger partial charge in [0.2, 0.25) is 5.91 Å². The lowest BCUT2D eigenvalue weighted by Crippen LogP contribution is -2.18. The third kappa shape index (κ3) is 5.95. The molecule has 9 heteroatoms. The van der Waals surface area contributed by atoms with Crippen LogP contribution < -0.4 is 10.1 Å². The van der Waals surface area contributed by atoms with Crippen LogP contribution in [0.1, 0.15) is 24.1 Å². The second-order valence-electron chi connectivity index (χ2n) is 6.33. The number of nitrogens with one attached hydrogen (secondary N) is 1. The molecule has 0 spiro atoms. The Labute approximate surface area is 165 Å². The van der Waals surface area contributed by atoms with E-state index in [0.29, 0.717) is 24.0 Å². The second kappa shape index (κ2) is 9.90. The topological polar surface area (TPSA) is 69.7 Å². The summed E-state index contributed by atoms with van der Waals surface area (Å²) in [5.41, 5.74) is 1.45. The summed E-state index contributed by atoms with van der Waals surface area (Å²) in [6.07, 6.45) is 2.44. The van der Waals surface area contributed by atoms with Gasteiger partial charge in [-0.25, -0.2) is 4.98 Å². The zero-order valence-electron chi connectivity index (χ0n) is 15.5. The number of thiazole rings is 1. The quantitative estimate of drug-likeness (QED) is 0.624. The highest BCUT2D eigenvalue weighted by molar-refractivity contribution is 7.16. The Morgan fingerprint density at radius 3 is 2.86 bits per heavy atom. The zero-order chi connectivity index (χ0) is 19.9. The van der Waals surface area contributed by atoms with E-state index in [0.717, 1.165) is 29.9 Å². The van der Waals surface area contributed by atoms with Crippen LogP contribution in [0.2, 0.25) is 0 Å². The minimum absolute atomic E-state index is 0.0863. The lowest BCUT2D eigenvalue weighted by atomic mass is 10.1. The van der Waals surface area contributed by atoms with Gasteiger partial charge < -0.3 is 19.5 Å². The van der Waals surface area contributed by atoms with Gasteiger partial charge in [-0.3, -0.25) is 4.79 Å². The third-order valence-electron chi connectivity index (χ3n) is 4.20. The number of hydrogen-bond donors (Lipinski definition) is 1. The van der Waals surface area contributed by atoms with Gasteiger partial charge in [-0.15, -0.1) is 11.3 Å². The van der Waals surface area contributed by atoms with E-state index < -0.39 is 6.61 Å². The third-order valence-corrected chi connectivity index (χ3v) is 5.08. The normalized spacial score (nSPS) is 16.5. The predicted molar refractivity (Wildman–Crippen MR) is 102 cm³/mol. The molecule has 2 aromatic rings. The van der Waals surface area contributed by atoms with Crippen molar-refractivity contribution in [3.63, 3.8) is 0 Å². The number of rotatable bonds is 9. The van der Waals surface area contributed by atoms with Crippen LogP contribution in [0.15, 0.2) is 24.3 Å². The Kier molecular flexibility index (Phi) is 7.30. The number of anilines is 1. The fraction of sp³-hybridized carbons (Fsp3) is 0.474. The largest absolute Gasteiger partial charge is 0.435 e. The first-order chi connectivity index (χ1) is 13.5. The molecule has 1 amide bonds. The summed E-state index contributed by atoms with van der Waals surface area (Å²) in [6, 6.07) is 6.24. The van der Waals surface area contributed by atoms with Crippen molar-refractivity contribution in [2.45, 2.75) is 38.9 Å². The molecule has 0 aliphatic carbocycles. The van der Waals surface area contributed by atoms with E-state index in [-0.39, 0.29) is 24.2 Å². The van der Waals surface area contributed by atoms with E-state index in [4.69, 9.17) is 9.47 Å². The standard InChI is InChI=1S/C19H22F2N2O4S/c1-12-17(13-4-6-14(7-5-13)27-18(20)21)23-19(28-12)22-16(24)8-10-25-11-15-3-2-9-26-15/h4-7,15,18H,2-3,8-11H2,1H3,(H,22,23,24). The molecule has 1 fully saturated rings. The summed E-state index contributed by atoms with van der Waals surface area (Å²) < 4.78 is 39.8. The molecule has 0 radical (unpaired) electrons. The first-order valence-electron chi connectivity index (χ1n) is 9.03. The molecule has 1 unspecified atom stereocenters. The maximum atomic E-state index is 12.2. The number of ether oxygens (including phenoxy) is 3. The number of aromatic nitrogens is 1. The number of carbonyl (C=O) groups is 1. The van der Waals surface area contributed by atoms with Gasteiger partial charge in [0.25, 0.3) is 0 Å². The number of amides is 1. The van der Waals surface area contributed by atoms with Crippen molar-refractivity contribution < 1.29 is 27.8 Å². The van der Waals surface area contributed by atoms with Crippen LogP contribution in [0, 0.1) is 6.92 Å². The lowest BCUT2D eigenvalue weighted by Gasteiger charge is -2.09. The van der Waals surface area contributed by atoms with Crippen molar-refractivity contribution in [3.8, 4) is 17.0 Å². The monoisotopic (exact) mass is 412 g/mol. The van der Waals surface area contributed by atoms with Gasteiger partial charge in [0.15, 0.2) is 5.13 Å². The van der Waals surface area contributed by atoms with Crippen molar-refractivity contribution in [2.24, 2.45) is 0 Å². The summed E-state index contributed by atoms with van der Waals surface area (Å²) in [7, 11) is 0. The van der Waals surface area contributed by atoms with Gasteiger partial charge in [-0.2, -0.15) is 8.78 Å². The molecule has 6 nitrogen and oxygen atoms in total. The number of halogens is 2. The average Bonchev–Trinajstić information content (AvgIpc) is 3.29. The van der Waals surface area contributed by atoms with E-state index in [2.05, 4.69) is 15.0 Å². The Morgan fingerprint density at radius 1 is 1.39 bits per heavy atom. The Bertz CT molecular complexity index is 777. The fourth-order valence-corrected chi connectivity index (χ4v) is 3.70. The smallest absolute Gasteiger partial charge is 0.387 e. The molecule has 1 saturated heterocycles. The van der Waals surface area contributed by atoms with Gasteiger partial charge in [-0.05, 0) is 44.0 Å². The van der Waals surface area contributed by atoms with Crippen LogP contribution in [0.4, 0.5) is 13.9 Å². The Hall–Kier alpha value is -2.10. The molecular weight excluding hydrogens is 390 g/mol. The van der Waals surface area contributed by atoms with Crippen LogP contribution in [-0.4, -0.2) is 43.4 Å². The van der Waals surface area contributed by atoms with Crippen molar-refractivity contribution in [1.82, 2.24) is 4.98 Å². The van der Waals surface area contributed by atoms with E-state index in [1.54, 1.807) is 12.1 Å². The summed E-state index contributed by atoms with van der Waals surface area (Å²) in [6.45, 7) is 0.649. The Balaban J connectivity index is 1.49. The summed E-state index contributed by atoms with van der Waals surface area (Å²) in [4.78, 5) is 17.4. The molecule has 1 aromatic heterocycles. The van der Waals surface area contributed by atoms with Gasteiger partial charge >= 0.3 is 6.61 Å². The SMILES string of the molecule is Cc1sc(NC(=O)CCOCC2CCCO2)nc1-c1ccc(OC(F)F)cc1. The fourth-order valence-electron chi connectivity index (χ4n) is 2.85. The van der Waals surface area contributed by atoms with Crippen LogP contribution in [0.5, 0.6) is 5.75 Å². The van der Waals surface area contributed by atoms with Gasteiger partial charge in [0.1, 0.15) is 5.75 Å². The molecule has 1 aliphatic rings. The Morgan fingerprint density at radius 2 is 2.18 bits per heavy atom. The number of carbonyl (C=O) groups excluding carboxylic acids is 1. The highest BCUT2D eigenvalue weighted by Gasteiger charge is 2.16. The summed E-state index contributed by atoms with van der Waals surface area (Å²) in [5.74, 6) is -0.0866. The van der Waals surface area contributed by atoms with Crippen molar-refractivity contribution in [2.75, 3.05) is 25.1 Å². The first kappa shape index (κ1) is 20.6. The molecule has 2 heterocycles. The minimum Gasteiger partial charge on any atom is -0.435 e. The zero-order valence-corrected chi connectivity index (χ0v) is 16.3. The number of hydrogen-bond acceptors (Lipinski definition) is 6. The summed E-state index contributed by atoms with van der Waals surface area (Å²) >= 11 is 1.36. The van der Waals surface area contributed by atoms with Gasteiger partial charge in [0, 0.05) is 17.0 Å². The van der Waals surface area contributed by atoms with Crippen LogP contribution in [-0.2, 0) is 14.3 Å². The maximum absolute atomic E-state index is 12.2.